The van der Waals surface area contributed by atoms with Crippen molar-refractivity contribution in [3.63, 3.8) is 0 Å². The molecule has 0 saturated heterocycles. The molecule has 8 heteroatoms. The van der Waals surface area contributed by atoms with E-state index in [0.717, 1.165) is 5.56 Å². The molecule has 27 heavy (non-hydrogen) atoms. The minimum Gasteiger partial charge on any atom is -0.442 e. The molecule has 0 atom stereocenters. The van der Waals surface area contributed by atoms with Crippen LogP contribution in [0.5, 0.6) is 17.5 Å². The van der Waals surface area contributed by atoms with E-state index in [1.165, 1.54) is 12.8 Å². The van der Waals surface area contributed by atoms with E-state index >= 15 is 0 Å². The Morgan fingerprint density at radius 2 is 1.89 bits per heavy atom. The van der Waals surface area contributed by atoms with Gasteiger partial charge in [0.1, 0.15) is 16.1 Å². The third-order valence-electron chi connectivity index (χ3n) is 3.24. The van der Waals surface area contributed by atoms with Crippen LogP contribution in [0.15, 0.2) is 75.5 Å². The largest absolute Gasteiger partial charge is 0.442 e. The molecule has 3 rings (SSSR count). The second kappa shape index (κ2) is 9.44. The average Bonchev–Trinajstić information content (AvgIpc) is 2.67. The van der Waals surface area contributed by atoms with E-state index < -0.39 is 0 Å². The summed E-state index contributed by atoms with van der Waals surface area (Å²) in [5, 5.41) is 3.64. The molecule has 136 valence electrons. The molecule has 0 aliphatic carbocycles. The summed E-state index contributed by atoms with van der Waals surface area (Å²) in [5.41, 5.74) is 1.57. The first-order valence-corrected chi connectivity index (χ1v) is 8.69. The zero-order valence-electron chi connectivity index (χ0n) is 14.3. The Labute approximate surface area is 164 Å². The highest BCUT2D eigenvalue weighted by Crippen LogP contribution is 2.27. The van der Waals surface area contributed by atoms with Gasteiger partial charge in [0.25, 0.3) is 0 Å². The lowest BCUT2D eigenvalue weighted by atomic mass is 10.2. The van der Waals surface area contributed by atoms with Crippen LogP contribution in [-0.4, -0.2) is 22.8 Å². The maximum atomic E-state index is 5.67. The highest BCUT2D eigenvalue weighted by Gasteiger charge is 2.05. The van der Waals surface area contributed by atoms with Gasteiger partial charge in [-0.3, -0.25) is 0 Å². The molecule has 0 amide bonds. The molecular formula is C19H15BrN4O3. The van der Waals surface area contributed by atoms with Gasteiger partial charge in [0.15, 0.2) is 0 Å². The van der Waals surface area contributed by atoms with E-state index in [2.05, 4.69) is 36.0 Å². The van der Waals surface area contributed by atoms with Crippen molar-refractivity contribution in [1.29, 1.82) is 0 Å². The molecule has 0 aliphatic rings. The summed E-state index contributed by atoms with van der Waals surface area (Å²) >= 11 is 3.28. The zero-order chi connectivity index (χ0) is 18.9. The predicted octanol–water partition coefficient (Wildman–Crippen LogP) is 5.04. The van der Waals surface area contributed by atoms with Crippen molar-refractivity contribution in [3.05, 3.63) is 71.0 Å². The maximum Gasteiger partial charge on any atom is 0.322 e. The Kier molecular flexibility index (Phi) is 6.48. The van der Waals surface area contributed by atoms with Gasteiger partial charge < -0.3 is 14.3 Å². The van der Waals surface area contributed by atoms with Crippen molar-refractivity contribution < 1.29 is 14.3 Å². The van der Waals surface area contributed by atoms with Crippen LogP contribution in [0.2, 0.25) is 0 Å². The monoisotopic (exact) mass is 426 g/mol. The quantitative estimate of drug-likeness (QED) is 0.229. The van der Waals surface area contributed by atoms with Gasteiger partial charge in [-0.2, -0.15) is 4.98 Å². The number of para-hydroxylation sites is 1. The number of aryl methyl sites for hydroxylation is 1. The number of nitrogens with zero attached hydrogens (tertiary/aromatic N) is 4. The van der Waals surface area contributed by atoms with Crippen LogP contribution in [0.3, 0.4) is 0 Å². The number of ether oxygens (including phenoxy) is 2. The molecule has 0 unspecified atom stereocenters. The summed E-state index contributed by atoms with van der Waals surface area (Å²) in [6, 6.07) is 16.7. The van der Waals surface area contributed by atoms with Crippen molar-refractivity contribution >= 4 is 34.4 Å². The van der Waals surface area contributed by atoms with E-state index in [-0.39, 0.29) is 6.01 Å². The van der Waals surface area contributed by atoms with Crippen LogP contribution < -0.4 is 9.47 Å². The Morgan fingerprint density at radius 1 is 1.04 bits per heavy atom. The minimum absolute atomic E-state index is 0.264. The first kappa shape index (κ1) is 18.5. The number of halogens is 1. The second-order valence-electron chi connectivity index (χ2n) is 5.20. The highest BCUT2D eigenvalue weighted by atomic mass is 79.9. The highest BCUT2D eigenvalue weighted by molar-refractivity contribution is 9.10. The Morgan fingerprint density at radius 3 is 2.67 bits per heavy atom. The van der Waals surface area contributed by atoms with E-state index in [4.69, 9.17) is 14.3 Å². The van der Waals surface area contributed by atoms with Gasteiger partial charge in [0.05, 0.1) is 5.69 Å². The third-order valence-corrected chi connectivity index (χ3v) is 3.69. The summed E-state index contributed by atoms with van der Waals surface area (Å²) in [7, 11) is 0. The molecule has 0 aliphatic heterocycles. The molecule has 1 heterocycles. The SMILES string of the molecule is Cc1cc(N=CO/N=C/Oc2ccccc2)ccc1Oc1nccc(Br)n1. The minimum atomic E-state index is 0.264. The van der Waals surface area contributed by atoms with Gasteiger partial charge in [0, 0.05) is 6.20 Å². The Bertz CT molecular complexity index is 949. The third kappa shape index (κ3) is 5.89. The number of rotatable bonds is 7. The van der Waals surface area contributed by atoms with Crippen LogP contribution in [-0.2, 0) is 4.84 Å². The average molecular weight is 427 g/mol. The molecule has 0 saturated carbocycles. The molecule has 3 aromatic rings. The number of oxime groups is 1. The zero-order valence-corrected chi connectivity index (χ0v) is 15.9. The molecule has 0 fully saturated rings. The van der Waals surface area contributed by atoms with Crippen LogP contribution >= 0.6 is 15.9 Å². The standard InChI is InChI=1S/C19H15BrN4O3/c1-14-11-15(7-8-17(14)27-19-21-10-9-18(20)24-19)22-12-26-23-13-25-16-5-3-2-4-6-16/h2-13H,1H3/b22-12?,23-13+. The van der Waals surface area contributed by atoms with Crippen LogP contribution in [0.25, 0.3) is 0 Å². The number of aromatic nitrogens is 2. The fraction of sp³-hybridized carbons (Fsp3) is 0.0526. The van der Waals surface area contributed by atoms with Gasteiger partial charge in [-0.25, -0.2) is 9.98 Å². The molecule has 0 bridgehead atoms. The fourth-order valence-corrected chi connectivity index (χ4v) is 2.28. The second-order valence-corrected chi connectivity index (χ2v) is 6.01. The summed E-state index contributed by atoms with van der Waals surface area (Å²) in [6.07, 6.45) is 4.03. The van der Waals surface area contributed by atoms with E-state index in [0.29, 0.717) is 21.8 Å². The lowest BCUT2D eigenvalue weighted by Gasteiger charge is -2.07. The lowest BCUT2D eigenvalue weighted by Crippen LogP contribution is -1.93. The Balaban J connectivity index is 1.53. The topological polar surface area (TPSA) is 78.2 Å². The summed E-state index contributed by atoms with van der Waals surface area (Å²) in [6.45, 7) is 1.90. The molecule has 0 N–H and O–H groups in total. The van der Waals surface area contributed by atoms with Crippen molar-refractivity contribution in [2.24, 2.45) is 10.1 Å². The number of aliphatic imine (C=N–C) groups is 1. The van der Waals surface area contributed by atoms with Crippen molar-refractivity contribution in [2.75, 3.05) is 0 Å². The number of hydrogen-bond acceptors (Lipinski definition) is 7. The van der Waals surface area contributed by atoms with Crippen LogP contribution in [0, 0.1) is 6.92 Å². The first-order chi connectivity index (χ1) is 13.2. The Hall–Kier alpha value is -3.26. The predicted molar refractivity (Wildman–Crippen MR) is 106 cm³/mol. The molecule has 0 radical (unpaired) electrons. The van der Waals surface area contributed by atoms with Gasteiger partial charge >= 0.3 is 6.01 Å². The van der Waals surface area contributed by atoms with Gasteiger partial charge in [-0.15, -0.1) is 0 Å². The van der Waals surface area contributed by atoms with Crippen molar-refractivity contribution in [1.82, 2.24) is 9.97 Å². The fourth-order valence-electron chi connectivity index (χ4n) is 2.01. The number of benzene rings is 2. The van der Waals surface area contributed by atoms with E-state index in [1.807, 2.05) is 43.3 Å². The molecule has 2 aromatic carbocycles. The maximum absolute atomic E-state index is 5.67. The lowest BCUT2D eigenvalue weighted by molar-refractivity contribution is 0.335. The van der Waals surface area contributed by atoms with Gasteiger partial charge in [-0.05, 0) is 70.0 Å². The summed E-state index contributed by atoms with van der Waals surface area (Å²) in [5.74, 6) is 1.31. The van der Waals surface area contributed by atoms with Gasteiger partial charge in [0.2, 0.25) is 12.8 Å². The first-order valence-electron chi connectivity index (χ1n) is 7.90. The van der Waals surface area contributed by atoms with Gasteiger partial charge in [-0.1, -0.05) is 18.2 Å². The van der Waals surface area contributed by atoms with Crippen LogP contribution in [0.1, 0.15) is 5.56 Å². The van der Waals surface area contributed by atoms with Crippen LogP contribution in [0.4, 0.5) is 5.69 Å². The molecule has 1 aromatic heterocycles. The normalized spacial score (nSPS) is 11.0. The van der Waals surface area contributed by atoms with E-state index in [9.17, 15) is 0 Å². The van der Waals surface area contributed by atoms with E-state index in [1.54, 1.807) is 24.4 Å². The van der Waals surface area contributed by atoms with Crippen molar-refractivity contribution in [3.8, 4) is 17.5 Å². The molecule has 7 nitrogen and oxygen atoms in total. The molecular weight excluding hydrogens is 412 g/mol. The summed E-state index contributed by atoms with van der Waals surface area (Å²) < 4.78 is 11.6. The molecule has 0 spiro atoms. The summed E-state index contributed by atoms with van der Waals surface area (Å²) in [4.78, 5) is 17.3. The van der Waals surface area contributed by atoms with Crippen molar-refractivity contribution in [2.45, 2.75) is 6.92 Å². The number of hydrogen-bond donors (Lipinski definition) is 0. The smallest absolute Gasteiger partial charge is 0.322 e.